The maximum absolute atomic E-state index is 13.5. The average Bonchev–Trinajstić information content (AvgIpc) is 3.52. The molecule has 4 aliphatic carbocycles. The molecule has 3 N–H and O–H groups in total. The lowest BCUT2D eigenvalue weighted by molar-refractivity contribution is 0.0560. The van der Waals surface area contributed by atoms with E-state index >= 15 is 0 Å². The SMILES string of the molecule is Cc1cc(Nc2ccc(-c3cnc(C45CCC(NC(=O)OC(C)C)(CC4)CC5)s3)c(S(=O)(=O)C3CC3)c2)n[nH]1. The van der Waals surface area contributed by atoms with E-state index in [1.54, 1.807) is 17.4 Å². The average molecular weight is 570 g/mol. The molecule has 1 amide bonds. The molecule has 0 saturated heterocycles. The number of sulfone groups is 1. The highest BCUT2D eigenvalue weighted by molar-refractivity contribution is 7.92. The van der Waals surface area contributed by atoms with Gasteiger partial charge in [-0.2, -0.15) is 5.10 Å². The fourth-order valence-corrected chi connectivity index (χ4v) is 9.21. The van der Waals surface area contributed by atoms with Crippen molar-refractivity contribution >= 4 is 38.8 Å². The van der Waals surface area contributed by atoms with E-state index in [2.05, 4.69) is 20.8 Å². The van der Waals surface area contributed by atoms with Gasteiger partial charge in [0.2, 0.25) is 0 Å². The summed E-state index contributed by atoms with van der Waals surface area (Å²) in [6.07, 6.45) is 8.29. The summed E-state index contributed by atoms with van der Waals surface area (Å²) < 4.78 is 32.4. The highest BCUT2D eigenvalue weighted by Gasteiger charge is 2.51. The van der Waals surface area contributed by atoms with Gasteiger partial charge in [-0.1, -0.05) is 6.07 Å². The van der Waals surface area contributed by atoms with E-state index in [4.69, 9.17) is 9.72 Å². The molecule has 2 heterocycles. The van der Waals surface area contributed by atoms with Gasteiger partial charge >= 0.3 is 6.09 Å². The fourth-order valence-electron chi connectivity index (χ4n) is 6.02. The number of carbonyl (C=O) groups excluding carboxylic acids is 1. The van der Waals surface area contributed by atoms with Crippen LogP contribution in [0, 0.1) is 6.92 Å². The van der Waals surface area contributed by atoms with Crippen LogP contribution in [0.3, 0.4) is 0 Å². The van der Waals surface area contributed by atoms with E-state index in [0.717, 1.165) is 54.1 Å². The summed E-state index contributed by atoms with van der Waals surface area (Å²) in [5.74, 6) is 0.645. The van der Waals surface area contributed by atoms with Gasteiger partial charge in [0.15, 0.2) is 15.7 Å². The lowest BCUT2D eigenvalue weighted by Gasteiger charge is -2.52. The molecule has 0 aliphatic heterocycles. The Labute approximate surface area is 233 Å². The second kappa shape index (κ2) is 9.62. The second-order valence-electron chi connectivity index (χ2n) is 11.7. The number of aromatic amines is 1. The molecule has 0 atom stereocenters. The molecule has 2 bridgehead atoms. The number of benzene rings is 1. The van der Waals surface area contributed by atoms with E-state index in [-0.39, 0.29) is 28.4 Å². The van der Waals surface area contributed by atoms with Crippen LogP contribution in [0.5, 0.6) is 0 Å². The Morgan fingerprint density at radius 3 is 2.46 bits per heavy atom. The van der Waals surface area contributed by atoms with E-state index in [0.29, 0.717) is 34.8 Å². The molecular formula is C28H35N5O4S2. The second-order valence-corrected chi connectivity index (χ2v) is 14.9. The fraction of sp³-hybridized carbons (Fsp3) is 0.536. The highest BCUT2D eigenvalue weighted by Crippen LogP contribution is 2.55. The van der Waals surface area contributed by atoms with Gasteiger partial charge in [-0.15, -0.1) is 11.3 Å². The normalized spacial score (nSPS) is 24.6. The first kappa shape index (κ1) is 26.3. The molecule has 4 fully saturated rings. The third-order valence-electron chi connectivity index (χ3n) is 8.41. The van der Waals surface area contributed by atoms with Crippen molar-refractivity contribution in [3.05, 3.63) is 41.2 Å². The number of aromatic nitrogens is 3. The molecule has 0 radical (unpaired) electrons. The quantitative estimate of drug-likeness (QED) is 0.304. The molecule has 39 heavy (non-hydrogen) atoms. The number of amides is 1. The molecule has 9 nitrogen and oxygen atoms in total. The predicted octanol–water partition coefficient (Wildman–Crippen LogP) is 6.00. The summed E-state index contributed by atoms with van der Waals surface area (Å²) in [6.45, 7) is 5.63. The minimum Gasteiger partial charge on any atom is -0.447 e. The van der Waals surface area contributed by atoms with Crippen LogP contribution in [-0.2, 0) is 20.0 Å². The number of carbonyl (C=O) groups is 1. The van der Waals surface area contributed by atoms with Crippen molar-refractivity contribution in [2.75, 3.05) is 5.32 Å². The number of alkyl carbamates (subject to hydrolysis) is 1. The van der Waals surface area contributed by atoms with Crippen LogP contribution >= 0.6 is 11.3 Å². The molecule has 1 aromatic carbocycles. The number of hydrogen-bond donors (Lipinski definition) is 3. The predicted molar refractivity (Wildman–Crippen MR) is 151 cm³/mol. The Morgan fingerprint density at radius 1 is 1.13 bits per heavy atom. The third kappa shape index (κ3) is 5.06. The topological polar surface area (TPSA) is 126 Å². The Kier molecular flexibility index (Phi) is 6.49. The monoisotopic (exact) mass is 569 g/mol. The van der Waals surface area contributed by atoms with E-state index in [1.165, 1.54) is 0 Å². The molecule has 208 valence electrons. The van der Waals surface area contributed by atoms with Crippen LogP contribution in [0.4, 0.5) is 16.3 Å². The molecule has 3 aromatic rings. The third-order valence-corrected chi connectivity index (χ3v) is 12.0. The van der Waals surface area contributed by atoms with Gasteiger partial charge in [0, 0.05) is 40.2 Å². The van der Waals surface area contributed by atoms with E-state index in [9.17, 15) is 13.2 Å². The molecule has 11 heteroatoms. The largest absolute Gasteiger partial charge is 0.447 e. The van der Waals surface area contributed by atoms with E-state index < -0.39 is 9.84 Å². The molecule has 4 saturated carbocycles. The van der Waals surface area contributed by atoms with Crippen molar-refractivity contribution in [2.45, 2.75) is 99.3 Å². The number of nitrogens with one attached hydrogen (secondary N) is 3. The van der Waals surface area contributed by atoms with Crippen molar-refractivity contribution in [1.29, 1.82) is 0 Å². The number of fused-ring (bicyclic) bond motifs is 3. The Balaban J connectivity index is 1.26. The van der Waals surface area contributed by atoms with Crippen LogP contribution in [0.1, 0.15) is 75.9 Å². The van der Waals surface area contributed by atoms with Crippen LogP contribution < -0.4 is 10.6 Å². The maximum atomic E-state index is 13.5. The number of nitrogens with zero attached hydrogens (tertiary/aromatic N) is 2. The minimum atomic E-state index is -3.45. The summed E-state index contributed by atoms with van der Waals surface area (Å²) in [7, 11) is -3.45. The highest BCUT2D eigenvalue weighted by atomic mass is 32.2. The maximum Gasteiger partial charge on any atom is 0.407 e. The summed E-state index contributed by atoms with van der Waals surface area (Å²) >= 11 is 1.61. The van der Waals surface area contributed by atoms with Gasteiger partial charge < -0.3 is 15.4 Å². The minimum absolute atomic E-state index is 0.0247. The molecular weight excluding hydrogens is 534 g/mol. The van der Waals surface area contributed by atoms with Crippen molar-refractivity contribution in [3.63, 3.8) is 0 Å². The van der Waals surface area contributed by atoms with Crippen molar-refractivity contribution in [3.8, 4) is 10.4 Å². The number of hydrogen-bond acceptors (Lipinski definition) is 8. The van der Waals surface area contributed by atoms with Crippen LogP contribution in [0.25, 0.3) is 10.4 Å². The first-order valence-corrected chi connectivity index (χ1v) is 16.1. The van der Waals surface area contributed by atoms with Crippen LogP contribution in [0.15, 0.2) is 35.4 Å². The van der Waals surface area contributed by atoms with Gasteiger partial charge in [0.05, 0.1) is 26.1 Å². The number of anilines is 2. The molecule has 2 aromatic heterocycles. The van der Waals surface area contributed by atoms with Crippen molar-refractivity contribution in [1.82, 2.24) is 20.5 Å². The summed E-state index contributed by atoms with van der Waals surface area (Å²) in [5.41, 5.74) is 2.10. The standard InChI is InChI=1S/C28H35N5O4S2/c1-17(2)37-26(34)31-28-11-8-27(9-12-28,10-13-28)25-29-16-22(38-25)21-7-4-19(30-24-14-18(3)32-33-24)15-23(21)39(35,36)20-5-6-20/h4,7,14-17,20H,5-6,8-13H2,1-3H3,(H,31,34)(H2,30,32,33). The molecule has 7 rings (SSSR count). The van der Waals surface area contributed by atoms with Gasteiger partial charge in [0.25, 0.3) is 0 Å². The molecule has 0 unspecified atom stereocenters. The summed E-state index contributed by atoms with van der Waals surface area (Å²) in [6, 6.07) is 7.41. The lowest BCUT2D eigenvalue weighted by atomic mass is 9.57. The van der Waals surface area contributed by atoms with E-state index in [1.807, 2.05) is 45.2 Å². The van der Waals surface area contributed by atoms with Gasteiger partial charge in [-0.3, -0.25) is 5.10 Å². The first-order valence-electron chi connectivity index (χ1n) is 13.7. The van der Waals surface area contributed by atoms with Crippen molar-refractivity contribution < 1.29 is 17.9 Å². The van der Waals surface area contributed by atoms with Crippen LogP contribution in [-0.4, -0.2) is 46.6 Å². The summed E-state index contributed by atoms with van der Waals surface area (Å²) in [5, 5.41) is 14.3. The smallest absolute Gasteiger partial charge is 0.407 e. The lowest BCUT2D eigenvalue weighted by Crippen LogP contribution is -2.58. The molecule has 0 spiro atoms. The van der Waals surface area contributed by atoms with Crippen LogP contribution in [0.2, 0.25) is 0 Å². The van der Waals surface area contributed by atoms with Gasteiger partial charge in [-0.25, -0.2) is 18.2 Å². The Morgan fingerprint density at radius 2 is 1.85 bits per heavy atom. The van der Waals surface area contributed by atoms with Gasteiger partial charge in [0.1, 0.15) is 0 Å². The molecule has 4 aliphatic rings. The summed E-state index contributed by atoms with van der Waals surface area (Å²) in [4.78, 5) is 18.4. The zero-order chi connectivity index (χ0) is 27.4. The van der Waals surface area contributed by atoms with Crippen molar-refractivity contribution in [2.24, 2.45) is 0 Å². The number of aryl methyl sites for hydroxylation is 1. The zero-order valence-corrected chi connectivity index (χ0v) is 24.2. The van der Waals surface area contributed by atoms with Gasteiger partial charge in [-0.05, 0) is 84.3 Å². The Hall–Kier alpha value is -2.92. The number of H-pyrrole nitrogens is 1. The Bertz CT molecular complexity index is 1480. The zero-order valence-electron chi connectivity index (χ0n) is 22.5. The number of thiazole rings is 1. The first-order chi connectivity index (χ1) is 18.6. The number of ether oxygens (including phenoxy) is 1. The number of rotatable bonds is 8.